The molecule has 0 saturated carbocycles. The van der Waals surface area contributed by atoms with E-state index in [0.29, 0.717) is 12.1 Å². The first-order chi connectivity index (χ1) is 9.79. The van der Waals surface area contributed by atoms with E-state index in [9.17, 15) is 9.59 Å². The van der Waals surface area contributed by atoms with Gasteiger partial charge in [-0.2, -0.15) is 0 Å². The van der Waals surface area contributed by atoms with Gasteiger partial charge in [0.25, 0.3) is 0 Å². The summed E-state index contributed by atoms with van der Waals surface area (Å²) in [4.78, 5) is 23.8. The van der Waals surface area contributed by atoms with Gasteiger partial charge in [-0.15, -0.1) is 0 Å². The molecule has 2 N–H and O–H groups in total. The normalized spacial score (nSPS) is 12.2. The molecule has 0 aliphatic heterocycles. The van der Waals surface area contributed by atoms with Gasteiger partial charge in [-0.05, 0) is 62.9 Å². The highest BCUT2D eigenvalue weighted by molar-refractivity contribution is 6.04. The third-order valence-electron chi connectivity index (χ3n) is 3.95. The number of aliphatic carboxylic acids is 1. The molecule has 1 unspecified atom stereocenters. The topological polar surface area (TPSA) is 66.4 Å². The maximum absolute atomic E-state index is 12.8. The predicted octanol–water partition coefficient (Wildman–Crippen LogP) is 2.95. The van der Waals surface area contributed by atoms with E-state index in [-0.39, 0.29) is 12.2 Å². The number of carboxylic acids is 1. The van der Waals surface area contributed by atoms with Gasteiger partial charge in [-0.3, -0.25) is 9.59 Å². The fourth-order valence-corrected chi connectivity index (χ4v) is 2.51. The summed E-state index contributed by atoms with van der Waals surface area (Å²) in [6.07, 6.45) is 0.666. The Morgan fingerprint density at radius 1 is 1.14 bits per heavy atom. The first kappa shape index (κ1) is 17.4. The third-order valence-corrected chi connectivity index (χ3v) is 3.95. The molecular formula is C17H25NO3. The van der Waals surface area contributed by atoms with Crippen LogP contribution in [0.5, 0.6) is 0 Å². The zero-order valence-electron chi connectivity index (χ0n) is 13.5. The number of hydrogen-bond acceptors (Lipinski definition) is 3. The van der Waals surface area contributed by atoms with Crippen molar-refractivity contribution in [1.29, 1.82) is 0 Å². The molecule has 0 aliphatic carbocycles. The second kappa shape index (κ2) is 7.36. The van der Waals surface area contributed by atoms with Crippen molar-refractivity contribution in [3.05, 3.63) is 33.9 Å². The summed E-state index contributed by atoms with van der Waals surface area (Å²) in [6, 6.07) is 1.40. The lowest BCUT2D eigenvalue weighted by Crippen LogP contribution is -2.39. The van der Waals surface area contributed by atoms with Gasteiger partial charge in [0, 0.05) is 5.56 Å². The van der Waals surface area contributed by atoms with Crippen molar-refractivity contribution in [2.75, 3.05) is 6.54 Å². The van der Waals surface area contributed by atoms with Crippen LogP contribution in [0.25, 0.3) is 0 Å². The van der Waals surface area contributed by atoms with Gasteiger partial charge in [0.15, 0.2) is 5.78 Å². The lowest BCUT2D eigenvalue weighted by atomic mass is 9.88. The lowest BCUT2D eigenvalue weighted by molar-refractivity contribution is -0.137. The second-order valence-corrected chi connectivity index (χ2v) is 5.60. The molecule has 1 aromatic carbocycles. The number of carboxylic acid groups (broad SMARTS) is 1. The number of aryl methyl sites for hydroxylation is 2. The van der Waals surface area contributed by atoms with E-state index in [4.69, 9.17) is 5.11 Å². The van der Waals surface area contributed by atoms with Gasteiger partial charge in [-0.1, -0.05) is 13.0 Å². The number of ketones is 1. The highest BCUT2D eigenvalue weighted by atomic mass is 16.4. The van der Waals surface area contributed by atoms with Crippen molar-refractivity contribution < 1.29 is 14.7 Å². The molecular weight excluding hydrogens is 266 g/mol. The molecule has 1 rings (SSSR count). The Morgan fingerprint density at radius 2 is 1.67 bits per heavy atom. The van der Waals surface area contributed by atoms with E-state index < -0.39 is 12.0 Å². The van der Waals surface area contributed by atoms with Crippen molar-refractivity contribution >= 4 is 11.8 Å². The molecule has 0 aliphatic rings. The maximum atomic E-state index is 12.8. The van der Waals surface area contributed by atoms with E-state index >= 15 is 0 Å². The lowest BCUT2D eigenvalue weighted by Gasteiger charge is -2.20. The molecule has 0 heterocycles. The largest absolute Gasteiger partial charge is 0.481 e. The molecule has 0 radical (unpaired) electrons. The van der Waals surface area contributed by atoms with Crippen molar-refractivity contribution in [2.24, 2.45) is 0 Å². The van der Waals surface area contributed by atoms with Crippen LogP contribution in [0.3, 0.4) is 0 Å². The highest BCUT2D eigenvalue weighted by Gasteiger charge is 2.25. The summed E-state index contributed by atoms with van der Waals surface area (Å²) in [5, 5.41) is 12.1. The number of Topliss-reactive ketones (excluding diaryl/α,β-unsaturated/α-hetero) is 1. The molecule has 116 valence electrons. The number of nitrogens with one attached hydrogen (secondary N) is 1. The minimum absolute atomic E-state index is 0.118. The summed E-state index contributed by atoms with van der Waals surface area (Å²) in [5.74, 6) is -1.08. The Hall–Kier alpha value is -1.68. The number of benzene rings is 1. The second-order valence-electron chi connectivity index (χ2n) is 5.60. The molecule has 4 nitrogen and oxygen atoms in total. The summed E-state index contributed by atoms with van der Waals surface area (Å²) >= 11 is 0. The first-order valence-electron chi connectivity index (χ1n) is 7.36. The van der Waals surface area contributed by atoms with Gasteiger partial charge < -0.3 is 10.4 Å². The summed E-state index contributed by atoms with van der Waals surface area (Å²) in [6.45, 7) is 10.4. The molecule has 4 heteroatoms. The van der Waals surface area contributed by atoms with Crippen molar-refractivity contribution in [2.45, 2.75) is 53.5 Å². The first-order valence-corrected chi connectivity index (χ1v) is 7.36. The van der Waals surface area contributed by atoms with Crippen molar-refractivity contribution in [3.8, 4) is 0 Å². The Bertz CT molecular complexity index is 523. The minimum Gasteiger partial charge on any atom is -0.481 e. The standard InChI is InChI=1S/C17H25NO3/c1-6-7-18-14(9-15(19)20)17(21)16-12(4)10(2)8-11(3)13(16)5/h8,14,18H,6-7,9H2,1-5H3,(H,19,20). The molecule has 0 amide bonds. The van der Waals surface area contributed by atoms with Crippen LogP contribution >= 0.6 is 0 Å². The number of carbonyl (C=O) groups excluding carboxylic acids is 1. The Balaban J connectivity index is 3.22. The smallest absolute Gasteiger partial charge is 0.305 e. The molecule has 0 saturated heterocycles. The molecule has 0 spiro atoms. The Labute approximate surface area is 126 Å². The van der Waals surface area contributed by atoms with Gasteiger partial charge in [0.1, 0.15) is 0 Å². The fourth-order valence-electron chi connectivity index (χ4n) is 2.51. The highest BCUT2D eigenvalue weighted by Crippen LogP contribution is 2.23. The van der Waals surface area contributed by atoms with Gasteiger partial charge in [0.05, 0.1) is 12.5 Å². The summed E-state index contributed by atoms with van der Waals surface area (Å²) in [5.41, 5.74) is 4.67. The van der Waals surface area contributed by atoms with Gasteiger partial charge in [-0.25, -0.2) is 0 Å². The SMILES string of the molecule is CCCNC(CC(=O)O)C(=O)c1c(C)c(C)cc(C)c1C. The molecule has 1 atom stereocenters. The molecule has 1 aromatic rings. The van der Waals surface area contributed by atoms with Crippen LogP contribution in [-0.2, 0) is 4.79 Å². The van der Waals surface area contributed by atoms with E-state index in [1.165, 1.54) is 0 Å². The van der Waals surface area contributed by atoms with Crippen molar-refractivity contribution in [3.63, 3.8) is 0 Å². The fraction of sp³-hybridized carbons (Fsp3) is 0.529. The predicted molar refractivity (Wildman–Crippen MR) is 84.1 cm³/mol. The number of rotatable bonds is 7. The van der Waals surface area contributed by atoms with Crippen LogP contribution in [0.1, 0.15) is 52.4 Å². The van der Waals surface area contributed by atoms with Crippen LogP contribution in [-0.4, -0.2) is 29.4 Å². The monoisotopic (exact) mass is 291 g/mol. The minimum atomic E-state index is -0.961. The molecule has 0 bridgehead atoms. The Morgan fingerprint density at radius 3 is 2.10 bits per heavy atom. The average Bonchev–Trinajstić information content (AvgIpc) is 2.41. The molecule has 0 fully saturated rings. The Kier molecular flexibility index (Phi) is 6.09. The van der Waals surface area contributed by atoms with Crippen LogP contribution in [0.15, 0.2) is 6.07 Å². The number of hydrogen-bond donors (Lipinski definition) is 2. The molecule has 0 aromatic heterocycles. The van der Waals surface area contributed by atoms with Gasteiger partial charge >= 0.3 is 5.97 Å². The van der Waals surface area contributed by atoms with Crippen molar-refractivity contribution in [1.82, 2.24) is 5.32 Å². The van der Waals surface area contributed by atoms with E-state index in [1.807, 2.05) is 34.6 Å². The summed E-state index contributed by atoms with van der Waals surface area (Å²) in [7, 11) is 0. The van der Waals surface area contributed by atoms with E-state index in [0.717, 1.165) is 28.7 Å². The van der Waals surface area contributed by atoms with E-state index in [1.54, 1.807) is 0 Å². The van der Waals surface area contributed by atoms with Crippen LogP contribution in [0.4, 0.5) is 0 Å². The van der Waals surface area contributed by atoms with Crippen LogP contribution < -0.4 is 5.32 Å². The van der Waals surface area contributed by atoms with Crippen LogP contribution in [0.2, 0.25) is 0 Å². The summed E-state index contributed by atoms with van der Waals surface area (Å²) < 4.78 is 0. The van der Waals surface area contributed by atoms with Gasteiger partial charge in [0.2, 0.25) is 0 Å². The van der Waals surface area contributed by atoms with Crippen LogP contribution in [0, 0.1) is 27.7 Å². The molecule has 21 heavy (non-hydrogen) atoms. The van der Waals surface area contributed by atoms with E-state index in [2.05, 4.69) is 11.4 Å². The zero-order chi connectivity index (χ0) is 16.2. The third kappa shape index (κ3) is 4.14. The average molecular weight is 291 g/mol. The zero-order valence-corrected chi connectivity index (χ0v) is 13.5. The quantitative estimate of drug-likeness (QED) is 0.758. The number of carbonyl (C=O) groups is 2. The maximum Gasteiger partial charge on any atom is 0.305 e.